The molecule has 0 aromatic rings. The number of ether oxygens (including phenoxy) is 3. The molecule has 0 saturated heterocycles. The van der Waals surface area contributed by atoms with Crippen molar-refractivity contribution in [3.8, 4) is 0 Å². The van der Waals surface area contributed by atoms with Gasteiger partial charge in [-0.1, -0.05) is 65.4 Å². The molecule has 0 bridgehead atoms. The van der Waals surface area contributed by atoms with Gasteiger partial charge in [0.25, 0.3) is 0 Å². The Bertz CT molecular complexity index is 285. The van der Waals surface area contributed by atoms with Gasteiger partial charge in [-0.15, -0.1) is 0 Å². The van der Waals surface area contributed by atoms with E-state index in [2.05, 4.69) is 13.5 Å². The van der Waals surface area contributed by atoms with Crippen molar-refractivity contribution < 1.29 is 19.0 Å². The highest BCUT2D eigenvalue weighted by atomic mass is 16.7. The first kappa shape index (κ1) is 25.4. The van der Waals surface area contributed by atoms with Crippen LogP contribution >= 0.6 is 0 Å². The fourth-order valence-electron chi connectivity index (χ4n) is 2.09. The Labute approximate surface area is 149 Å². The molecule has 0 saturated carbocycles. The van der Waals surface area contributed by atoms with Crippen molar-refractivity contribution in [1.29, 1.82) is 0 Å². The lowest BCUT2D eigenvalue weighted by atomic mass is 10.1. The maximum Gasteiger partial charge on any atom is 0.333 e. The summed E-state index contributed by atoms with van der Waals surface area (Å²) in [5, 5.41) is 0. The van der Waals surface area contributed by atoms with Crippen LogP contribution in [0.5, 0.6) is 0 Å². The summed E-state index contributed by atoms with van der Waals surface area (Å²) in [6, 6.07) is 0. The zero-order valence-corrected chi connectivity index (χ0v) is 16.7. The Morgan fingerprint density at radius 2 is 1.38 bits per heavy atom. The van der Waals surface area contributed by atoms with Crippen molar-refractivity contribution in [2.24, 2.45) is 0 Å². The largest absolute Gasteiger partial charge is 0.462 e. The maximum atomic E-state index is 10.6. The van der Waals surface area contributed by atoms with Crippen molar-refractivity contribution in [1.82, 2.24) is 0 Å². The number of methoxy groups -OCH3 is 2. The molecule has 0 heterocycles. The Morgan fingerprint density at radius 3 is 1.79 bits per heavy atom. The van der Waals surface area contributed by atoms with E-state index >= 15 is 0 Å². The molecule has 4 nitrogen and oxygen atoms in total. The van der Waals surface area contributed by atoms with E-state index in [-0.39, 0.29) is 12.3 Å². The first-order valence-electron chi connectivity index (χ1n) is 9.41. The van der Waals surface area contributed by atoms with Gasteiger partial charge in [-0.25, -0.2) is 4.79 Å². The highest BCUT2D eigenvalue weighted by Crippen LogP contribution is 2.11. The molecule has 24 heavy (non-hydrogen) atoms. The number of hydrogen-bond acceptors (Lipinski definition) is 4. The van der Waals surface area contributed by atoms with Gasteiger partial charge in [0.15, 0.2) is 6.29 Å². The SMILES string of the molecule is C=C(C)C(=O)OCCC.CCCCCCCCCCC(OC)OC. The summed E-state index contributed by atoms with van der Waals surface area (Å²) >= 11 is 0. The van der Waals surface area contributed by atoms with E-state index in [9.17, 15) is 4.79 Å². The minimum Gasteiger partial charge on any atom is -0.462 e. The Morgan fingerprint density at radius 1 is 0.875 bits per heavy atom. The zero-order chi connectivity index (χ0) is 18.6. The van der Waals surface area contributed by atoms with Gasteiger partial charge in [0, 0.05) is 19.8 Å². The van der Waals surface area contributed by atoms with Crippen LogP contribution in [0, 0.1) is 0 Å². The number of esters is 1. The summed E-state index contributed by atoms with van der Waals surface area (Å²) < 4.78 is 15.0. The van der Waals surface area contributed by atoms with Crippen LogP contribution in [-0.4, -0.2) is 33.1 Å². The Balaban J connectivity index is 0. The van der Waals surface area contributed by atoms with Gasteiger partial charge in [0.05, 0.1) is 6.61 Å². The van der Waals surface area contributed by atoms with Gasteiger partial charge in [0.1, 0.15) is 0 Å². The lowest BCUT2D eigenvalue weighted by Gasteiger charge is -2.12. The van der Waals surface area contributed by atoms with Crippen molar-refractivity contribution in [2.45, 2.75) is 91.3 Å². The third kappa shape index (κ3) is 19.2. The van der Waals surface area contributed by atoms with Crippen LogP contribution in [0.4, 0.5) is 0 Å². The number of rotatable bonds is 14. The average molecular weight is 345 g/mol. The van der Waals surface area contributed by atoms with Crippen LogP contribution in [0.2, 0.25) is 0 Å². The van der Waals surface area contributed by atoms with Gasteiger partial charge in [0.2, 0.25) is 0 Å². The molecule has 0 radical (unpaired) electrons. The van der Waals surface area contributed by atoms with E-state index in [0.717, 1.165) is 12.8 Å². The molecular formula is C20H40O4. The minimum atomic E-state index is -0.295. The van der Waals surface area contributed by atoms with Gasteiger partial charge in [-0.3, -0.25) is 0 Å². The molecule has 0 aliphatic heterocycles. The summed E-state index contributed by atoms with van der Waals surface area (Å²) in [5.41, 5.74) is 0.462. The van der Waals surface area contributed by atoms with Crippen LogP contribution in [0.3, 0.4) is 0 Å². The summed E-state index contributed by atoms with van der Waals surface area (Å²) in [6.45, 7) is 9.77. The highest BCUT2D eigenvalue weighted by Gasteiger charge is 2.03. The molecule has 0 aliphatic carbocycles. The number of hydrogen-bond donors (Lipinski definition) is 0. The van der Waals surface area contributed by atoms with Crippen LogP contribution in [0.15, 0.2) is 12.2 Å². The third-order valence-electron chi connectivity index (χ3n) is 3.60. The molecule has 4 heteroatoms. The molecule has 0 N–H and O–H groups in total. The smallest absolute Gasteiger partial charge is 0.333 e. The van der Waals surface area contributed by atoms with Gasteiger partial charge >= 0.3 is 5.97 Å². The third-order valence-corrected chi connectivity index (χ3v) is 3.60. The minimum absolute atomic E-state index is 0.00471. The summed E-state index contributed by atoms with van der Waals surface area (Å²) in [6.07, 6.45) is 12.7. The second-order valence-corrected chi connectivity index (χ2v) is 6.08. The monoisotopic (exact) mass is 344 g/mol. The van der Waals surface area contributed by atoms with Gasteiger partial charge < -0.3 is 14.2 Å². The van der Waals surface area contributed by atoms with Crippen molar-refractivity contribution in [3.63, 3.8) is 0 Å². The molecule has 0 amide bonds. The van der Waals surface area contributed by atoms with Crippen molar-refractivity contribution in [2.75, 3.05) is 20.8 Å². The molecule has 0 aromatic heterocycles. The van der Waals surface area contributed by atoms with Crippen molar-refractivity contribution in [3.05, 3.63) is 12.2 Å². The van der Waals surface area contributed by atoms with Crippen LogP contribution in [0.25, 0.3) is 0 Å². The van der Waals surface area contributed by atoms with E-state index in [1.807, 2.05) is 6.92 Å². The molecule has 144 valence electrons. The molecule has 0 unspecified atom stereocenters. The number of carbonyl (C=O) groups excluding carboxylic acids is 1. The lowest BCUT2D eigenvalue weighted by molar-refractivity contribution is -0.138. The first-order chi connectivity index (χ1) is 11.5. The average Bonchev–Trinajstić information content (AvgIpc) is 2.59. The molecule has 0 fully saturated rings. The number of unbranched alkanes of at least 4 members (excludes halogenated alkanes) is 7. The molecule has 0 aliphatic rings. The van der Waals surface area contributed by atoms with E-state index < -0.39 is 0 Å². The zero-order valence-electron chi connectivity index (χ0n) is 16.7. The quantitative estimate of drug-likeness (QED) is 0.177. The van der Waals surface area contributed by atoms with E-state index in [0.29, 0.717) is 12.2 Å². The Hall–Kier alpha value is -0.870. The predicted octanol–water partition coefficient (Wildman–Crippen LogP) is 5.65. The first-order valence-corrected chi connectivity index (χ1v) is 9.41. The fraction of sp³-hybridized carbons (Fsp3) is 0.850. The van der Waals surface area contributed by atoms with Crippen molar-refractivity contribution >= 4 is 5.97 Å². The molecule has 0 atom stereocenters. The van der Waals surface area contributed by atoms with Crippen LogP contribution < -0.4 is 0 Å². The molecular weight excluding hydrogens is 304 g/mol. The predicted molar refractivity (Wildman–Crippen MR) is 101 cm³/mol. The molecule has 0 spiro atoms. The summed E-state index contributed by atoms with van der Waals surface area (Å²) in [4.78, 5) is 10.6. The summed E-state index contributed by atoms with van der Waals surface area (Å²) in [7, 11) is 3.41. The van der Waals surface area contributed by atoms with E-state index in [4.69, 9.17) is 14.2 Å². The van der Waals surface area contributed by atoms with Gasteiger partial charge in [-0.2, -0.15) is 0 Å². The normalized spacial score (nSPS) is 10.2. The van der Waals surface area contributed by atoms with E-state index in [1.165, 1.54) is 51.4 Å². The second kappa shape index (κ2) is 20.2. The highest BCUT2D eigenvalue weighted by molar-refractivity contribution is 5.86. The standard InChI is InChI=1S/C13H28O2.C7H12O2/c1-4-5-6-7-8-9-10-11-12-13(14-2)15-3;1-4-5-9-7(8)6(2)3/h13H,4-12H2,1-3H3;2,4-5H2,1,3H3. The van der Waals surface area contributed by atoms with Gasteiger partial charge in [-0.05, 0) is 26.2 Å². The van der Waals surface area contributed by atoms with E-state index in [1.54, 1.807) is 21.1 Å². The second-order valence-electron chi connectivity index (χ2n) is 6.08. The molecule has 0 rings (SSSR count). The summed E-state index contributed by atoms with van der Waals surface area (Å²) in [5.74, 6) is -0.295. The molecule has 0 aromatic carbocycles. The Kier molecular flexibility index (Phi) is 21.3. The maximum absolute atomic E-state index is 10.6. The topological polar surface area (TPSA) is 44.8 Å². The fourth-order valence-corrected chi connectivity index (χ4v) is 2.09. The van der Waals surface area contributed by atoms with Crippen LogP contribution in [0.1, 0.15) is 85.0 Å². The lowest BCUT2D eigenvalue weighted by Crippen LogP contribution is -2.12. The number of carbonyl (C=O) groups is 1. The van der Waals surface area contributed by atoms with Crippen LogP contribution in [-0.2, 0) is 19.0 Å².